The summed E-state index contributed by atoms with van der Waals surface area (Å²) in [6, 6.07) is 6.11. The zero-order valence-electron chi connectivity index (χ0n) is 9.58. The average Bonchev–Trinajstić information content (AvgIpc) is 2.66. The highest BCUT2D eigenvalue weighted by Gasteiger charge is 2.10. The number of aryl methyl sites for hydroxylation is 1. The largest absolute Gasteiger partial charge is 0.262 e. The monoisotopic (exact) mass is 279 g/mol. The molecule has 2 rings (SSSR count). The Labute approximate surface area is 103 Å². The fraction of sp³-hybridized carbons (Fsp3) is 0.333. The number of H-pyrrole nitrogens is 1. The molecule has 0 aliphatic carbocycles. The lowest BCUT2D eigenvalue weighted by Gasteiger charge is -2.01. The second kappa shape index (κ2) is 4.37. The van der Waals surface area contributed by atoms with E-state index in [1.165, 1.54) is 5.56 Å². The van der Waals surface area contributed by atoms with Gasteiger partial charge in [0.05, 0.1) is 0 Å². The van der Waals surface area contributed by atoms with E-state index in [0.717, 1.165) is 21.7 Å². The van der Waals surface area contributed by atoms with Crippen molar-refractivity contribution < 1.29 is 0 Å². The fourth-order valence-corrected chi connectivity index (χ4v) is 2.01. The van der Waals surface area contributed by atoms with Crippen molar-refractivity contribution >= 4 is 15.9 Å². The molecular formula is C12H14BrN3. The van der Waals surface area contributed by atoms with Gasteiger partial charge in [0.15, 0.2) is 5.82 Å². The summed E-state index contributed by atoms with van der Waals surface area (Å²) in [5, 5.41) is 7.22. The minimum Gasteiger partial charge on any atom is -0.262 e. The van der Waals surface area contributed by atoms with E-state index in [4.69, 9.17) is 0 Å². The molecule has 0 spiro atoms. The molecule has 0 saturated heterocycles. The first kappa shape index (κ1) is 11.3. The number of nitrogens with zero attached hydrogens (tertiary/aromatic N) is 2. The van der Waals surface area contributed by atoms with Gasteiger partial charge in [-0.05, 0) is 30.7 Å². The van der Waals surface area contributed by atoms with E-state index in [2.05, 4.69) is 57.9 Å². The van der Waals surface area contributed by atoms with E-state index >= 15 is 0 Å². The lowest BCUT2D eigenvalue weighted by atomic mass is 10.1. The van der Waals surface area contributed by atoms with Crippen molar-refractivity contribution in [3.63, 3.8) is 0 Å². The molecule has 0 fully saturated rings. The molecule has 0 unspecified atom stereocenters. The van der Waals surface area contributed by atoms with Crippen LogP contribution in [0.2, 0.25) is 0 Å². The Kier molecular flexibility index (Phi) is 3.10. The Morgan fingerprint density at radius 2 is 2.06 bits per heavy atom. The van der Waals surface area contributed by atoms with Gasteiger partial charge in [0, 0.05) is 16.0 Å². The lowest BCUT2D eigenvalue weighted by molar-refractivity contribution is 0.781. The van der Waals surface area contributed by atoms with Crippen LogP contribution in [0, 0.1) is 6.92 Å². The number of aromatic amines is 1. The number of hydrogen-bond acceptors (Lipinski definition) is 2. The van der Waals surface area contributed by atoms with Crippen LogP contribution in [0.15, 0.2) is 22.7 Å². The number of nitrogens with one attached hydrogen (secondary N) is 1. The molecule has 0 amide bonds. The highest BCUT2D eigenvalue weighted by atomic mass is 79.9. The first-order valence-electron chi connectivity index (χ1n) is 5.26. The highest BCUT2D eigenvalue weighted by molar-refractivity contribution is 9.10. The topological polar surface area (TPSA) is 41.6 Å². The molecule has 0 aliphatic heterocycles. The molecule has 0 radical (unpaired) electrons. The molecule has 16 heavy (non-hydrogen) atoms. The van der Waals surface area contributed by atoms with E-state index in [1.54, 1.807) is 0 Å². The molecular weight excluding hydrogens is 266 g/mol. The molecule has 1 N–H and O–H groups in total. The maximum absolute atomic E-state index is 4.49. The predicted molar refractivity (Wildman–Crippen MR) is 68.3 cm³/mol. The quantitative estimate of drug-likeness (QED) is 0.912. The van der Waals surface area contributed by atoms with Crippen LogP contribution in [-0.4, -0.2) is 15.2 Å². The van der Waals surface area contributed by atoms with Crippen LogP contribution in [0.5, 0.6) is 0 Å². The standard InChI is InChI=1S/C12H14BrN3/c1-7(2)11-14-12(16-15-11)10-5-4-9(13)6-8(10)3/h4-7H,1-3H3,(H,14,15,16). The van der Waals surface area contributed by atoms with Crippen LogP contribution < -0.4 is 0 Å². The first-order valence-corrected chi connectivity index (χ1v) is 6.06. The summed E-state index contributed by atoms with van der Waals surface area (Å²) in [4.78, 5) is 4.49. The van der Waals surface area contributed by atoms with E-state index in [9.17, 15) is 0 Å². The normalized spacial score (nSPS) is 11.1. The average molecular weight is 280 g/mol. The van der Waals surface area contributed by atoms with E-state index in [0.29, 0.717) is 5.92 Å². The Bertz CT molecular complexity index is 503. The van der Waals surface area contributed by atoms with E-state index in [-0.39, 0.29) is 0 Å². The maximum Gasteiger partial charge on any atom is 0.181 e. The third kappa shape index (κ3) is 2.16. The molecule has 1 aromatic carbocycles. The van der Waals surface area contributed by atoms with Gasteiger partial charge < -0.3 is 0 Å². The smallest absolute Gasteiger partial charge is 0.181 e. The van der Waals surface area contributed by atoms with Gasteiger partial charge in [0.25, 0.3) is 0 Å². The first-order chi connectivity index (χ1) is 7.58. The molecule has 1 aromatic heterocycles. The van der Waals surface area contributed by atoms with Crippen molar-refractivity contribution in [2.45, 2.75) is 26.7 Å². The molecule has 84 valence electrons. The molecule has 0 atom stereocenters. The van der Waals surface area contributed by atoms with Gasteiger partial charge >= 0.3 is 0 Å². The van der Waals surface area contributed by atoms with Crippen LogP contribution in [0.3, 0.4) is 0 Å². The molecule has 1 heterocycles. The van der Waals surface area contributed by atoms with Crippen LogP contribution >= 0.6 is 15.9 Å². The Morgan fingerprint density at radius 3 is 2.62 bits per heavy atom. The van der Waals surface area contributed by atoms with Crippen LogP contribution in [0.4, 0.5) is 0 Å². The SMILES string of the molecule is Cc1cc(Br)ccc1-c1n[nH]c(C(C)C)n1. The summed E-state index contributed by atoms with van der Waals surface area (Å²) < 4.78 is 1.08. The third-order valence-corrected chi connectivity index (χ3v) is 2.97. The van der Waals surface area contributed by atoms with Crippen molar-refractivity contribution in [3.05, 3.63) is 34.1 Å². The van der Waals surface area contributed by atoms with Crippen LogP contribution in [0.1, 0.15) is 31.2 Å². The number of rotatable bonds is 2. The molecule has 2 aromatic rings. The van der Waals surface area contributed by atoms with Crippen molar-refractivity contribution in [1.82, 2.24) is 15.2 Å². The summed E-state index contributed by atoms with van der Waals surface area (Å²) in [5.74, 6) is 2.07. The third-order valence-electron chi connectivity index (χ3n) is 2.48. The van der Waals surface area contributed by atoms with Gasteiger partial charge in [-0.3, -0.25) is 5.10 Å². The number of benzene rings is 1. The summed E-state index contributed by atoms with van der Waals surface area (Å²) in [5.41, 5.74) is 2.25. The van der Waals surface area contributed by atoms with Crippen molar-refractivity contribution in [3.8, 4) is 11.4 Å². The fourth-order valence-electron chi connectivity index (χ4n) is 1.53. The summed E-state index contributed by atoms with van der Waals surface area (Å²) in [7, 11) is 0. The Hall–Kier alpha value is -1.16. The van der Waals surface area contributed by atoms with Gasteiger partial charge in [0.1, 0.15) is 5.82 Å². The lowest BCUT2D eigenvalue weighted by Crippen LogP contribution is -1.90. The van der Waals surface area contributed by atoms with Gasteiger partial charge in [0.2, 0.25) is 0 Å². The Morgan fingerprint density at radius 1 is 1.31 bits per heavy atom. The molecule has 4 heteroatoms. The summed E-state index contributed by atoms with van der Waals surface area (Å²) in [6.45, 7) is 6.25. The number of hydrogen-bond donors (Lipinski definition) is 1. The molecule has 3 nitrogen and oxygen atoms in total. The zero-order valence-corrected chi connectivity index (χ0v) is 11.2. The number of aromatic nitrogens is 3. The molecule has 0 bridgehead atoms. The van der Waals surface area contributed by atoms with E-state index in [1.807, 2.05) is 12.1 Å². The van der Waals surface area contributed by atoms with Crippen molar-refractivity contribution in [2.24, 2.45) is 0 Å². The summed E-state index contributed by atoms with van der Waals surface area (Å²) in [6.07, 6.45) is 0. The highest BCUT2D eigenvalue weighted by Crippen LogP contribution is 2.24. The minimum atomic E-state index is 0.372. The van der Waals surface area contributed by atoms with Gasteiger partial charge in [-0.15, -0.1) is 0 Å². The second-order valence-electron chi connectivity index (χ2n) is 4.16. The minimum absolute atomic E-state index is 0.372. The van der Waals surface area contributed by atoms with Gasteiger partial charge in [-0.1, -0.05) is 29.8 Å². The van der Waals surface area contributed by atoms with Crippen molar-refractivity contribution in [2.75, 3.05) is 0 Å². The van der Waals surface area contributed by atoms with Crippen LogP contribution in [0.25, 0.3) is 11.4 Å². The van der Waals surface area contributed by atoms with E-state index < -0.39 is 0 Å². The predicted octanol–water partition coefficient (Wildman–Crippen LogP) is 3.67. The second-order valence-corrected chi connectivity index (χ2v) is 5.07. The maximum atomic E-state index is 4.49. The van der Waals surface area contributed by atoms with Gasteiger partial charge in [-0.2, -0.15) is 5.10 Å². The molecule has 0 aliphatic rings. The number of halogens is 1. The molecule has 0 saturated carbocycles. The van der Waals surface area contributed by atoms with Crippen LogP contribution in [-0.2, 0) is 0 Å². The zero-order chi connectivity index (χ0) is 11.7. The van der Waals surface area contributed by atoms with Crippen molar-refractivity contribution in [1.29, 1.82) is 0 Å². The Balaban J connectivity index is 2.42. The summed E-state index contributed by atoms with van der Waals surface area (Å²) >= 11 is 3.45. The van der Waals surface area contributed by atoms with Gasteiger partial charge in [-0.25, -0.2) is 4.98 Å².